The van der Waals surface area contributed by atoms with Gasteiger partial charge in [-0.15, -0.1) is 5.11 Å². The van der Waals surface area contributed by atoms with Crippen molar-refractivity contribution < 1.29 is 4.79 Å². The normalized spacial score (nSPS) is 17.3. The zero-order chi connectivity index (χ0) is 10.7. The van der Waals surface area contributed by atoms with Gasteiger partial charge in [-0.2, -0.15) is 5.11 Å². The van der Waals surface area contributed by atoms with Crippen LogP contribution in [0.5, 0.6) is 0 Å². The number of carbonyl (C=O) groups is 1. The molecule has 15 heavy (non-hydrogen) atoms. The summed E-state index contributed by atoms with van der Waals surface area (Å²) < 4.78 is 0. The van der Waals surface area contributed by atoms with Crippen molar-refractivity contribution in [2.45, 2.75) is 0 Å². The Morgan fingerprint density at radius 1 is 1.27 bits per heavy atom. The molecule has 1 amide bonds. The van der Waals surface area contributed by atoms with Crippen LogP contribution in [0.4, 0.5) is 5.69 Å². The fourth-order valence-corrected chi connectivity index (χ4v) is 1.34. The molecule has 0 atom stereocenters. The summed E-state index contributed by atoms with van der Waals surface area (Å²) in [6.45, 7) is 0. The van der Waals surface area contributed by atoms with Gasteiger partial charge in [0, 0.05) is 11.8 Å². The highest BCUT2D eigenvalue weighted by molar-refractivity contribution is 5.99. The Labute approximate surface area is 86.8 Å². The highest BCUT2D eigenvalue weighted by Gasteiger charge is 2.10. The number of azo groups is 1. The average Bonchev–Trinajstić information content (AvgIpc) is 2.17. The number of primary amides is 1. The first kappa shape index (κ1) is 9.33. The molecule has 0 saturated carbocycles. The maximum absolute atomic E-state index is 11.1. The van der Waals surface area contributed by atoms with E-state index in [0.29, 0.717) is 11.3 Å². The van der Waals surface area contributed by atoms with Crippen molar-refractivity contribution in [1.82, 2.24) is 0 Å². The summed E-state index contributed by atoms with van der Waals surface area (Å²) in [7, 11) is 0. The number of rotatable bonds is 1. The van der Waals surface area contributed by atoms with E-state index in [-0.39, 0.29) is 0 Å². The summed E-state index contributed by atoms with van der Waals surface area (Å²) >= 11 is 0. The average molecular weight is 199 g/mol. The lowest BCUT2D eigenvalue weighted by molar-refractivity contribution is 0.100. The van der Waals surface area contributed by atoms with Gasteiger partial charge in [0.05, 0.1) is 5.56 Å². The molecule has 1 aromatic carbocycles. The van der Waals surface area contributed by atoms with Gasteiger partial charge in [-0.05, 0) is 12.1 Å². The smallest absolute Gasteiger partial charge is 0.250 e. The van der Waals surface area contributed by atoms with Crippen LogP contribution in [-0.4, -0.2) is 5.91 Å². The molecule has 0 fully saturated rings. The van der Waals surface area contributed by atoms with Crippen molar-refractivity contribution in [2.75, 3.05) is 0 Å². The van der Waals surface area contributed by atoms with Crippen LogP contribution in [0.15, 0.2) is 46.8 Å². The summed E-state index contributed by atoms with van der Waals surface area (Å²) in [5.74, 6) is -0.497. The van der Waals surface area contributed by atoms with Crippen LogP contribution in [0.3, 0.4) is 0 Å². The first-order valence-electron chi connectivity index (χ1n) is 4.46. The Hall–Kier alpha value is -2.23. The zero-order valence-electron chi connectivity index (χ0n) is 7.92. The molecule has 0 aromatic heterocycles. The van der Waals surface area contributed by atoms with E-state index in [2.05, 4.69) is 10.2 Å². The van der Waals surface area contributed by atoms with E-state index < -0.39 is 5.91 Å². The third-order valence-corrected chi connectivity index (χ3v) is 2.03. The number of amides is 1. The molecule has 0 saturated heterocycles. The fraction of sp³-hybridized carbons (Fsp3) is 0. The second-order valence-corrected chi connectivity index (χ2v) is 3.02. The number of benzene rings is 1. The number of allylic oxidation sites excluding steroid dienone is 2. The highest BCUT2D eigenvalue weighted by atomic mass is 16.1. The van der Waals surface area contributed by atoms with Crippen molar-refractivity contribution in [1.29, 1.82) is 0 Å². The molecule has 0 aliphatic carbocycles. The van der Waals surface area contributed by atoms with Crippen LogP contribution < -0.4 is 5.73 Å². The SMILES string of the molecule is NC(=O)c1cccc2c1N=N/C=C\C=C/2. The second kappa shape index (κ2) is 3.88. The molecule has 2 rings (SSSR count). The molecule has 2 N–H and O–H groups in total. The first-order chi connectivity index (χ1) is 7.29. The summed E-state index contributed by atoms with van der Waals surface area (Å²) in [5.41, 5.74) is 6.98. The van der Waals surface area contributed by atoms with Crippen molar-refractivity contribution >= 4 is 17.7 Å². The van der Waals surface area contributed by atoms with Gasteiger partial charge in [0.15, 0.2) is 0 Å². The third-order valence-electron chi connectivity index (χ3n) is 2.03. The lowest BCUT2D eigenvalue weighted by Gasteiger charge is -2.04. The van der Waals surface area contributed by atoms with Crippen LogP contribution in [-0.2, 0) is 0 Å². The minimum absolute atomic E-state index is 0.385. The molecule has 74 valence electrons. The van der Waals surface area contributed by atoms with Crippen LogP contribution in [0.1, 0.15) is 15.9 Å². The zero-order valence-corrected chi connectivity index (χ0v) is 7.92. The maximum Gasteiger partial charge on any atom is 0.250 e. The number of carbonyl (C=O) groups excluding carboxylic acids is 1. The van der Waals surface area contributed by atoms with Crippen LogP contribution in [0.2, 0.25) is 0 Å². The van der Waals surface area contributed by atoms with E-state index >= 15 is 0 Å². The molecular weight excluding hydrogens is 190 g/mol. The predicted molar refractivity (Wildman–Crippen MR) is 57.6 cm³/mol. The summed E-state index contributed by atoms with van der Waals surface area (Å²) in [6.07, 6.45) is 7.01. The Kier molecular flexibility index (Phi) is 2.41. The van der Waals surface area contributed by atoms with Crippen molar-refractivity contribution in [2.24, 2.45) is 16.0 Å². The number of hydrogen-bond acceptors (Lipinski definition) is 3. The van der Waals surface area contributed by atoms with E-state index in [4.69, 9.17) is 5.73 Å². The molecule has 4 nitrogen and oxygen atoms in total. The monoisotopic (exact) mass is 199 g/mol. The molecule has 1 aromatic rings. The molecule has 0 unspecified atom stereocenters. The molecule has 4 heteroatoms. The van der Waals surface area contributed by atoms with E-state index in [1.165, 1.54) is 0 Å². The number of nitrogens with zero attached hydrogens (tertiary/aromatic N) is 2. The summed E-state index contributed by atoms with van der Waals surface area (Å²) in [6, 6.07) is 5.26. The van der Waals surface area contributed by atoms with E-state index in [9.17, 15) is 4.79 Å². The maximum atomic E-state index is 11.1. The minimum Gasteiger partial charge on any atom is -0.366 e. The summed E-state index contributed by atoms with van der Waals surface area (Å²) in [5, 5.41) is 7.75. The lowest BCUT2D eigenvalue weighted by atomic mass is 10.1. The van der Waals surface area contributed by atoms with Gasteiger partial charge in [-0.3, -0.25) is 4.79 Å². The first-order valence-corrected chi connectivity index (χ1v) is 4.46. The van der Waals surface area contributed by atoms with Gasteiger partial charge < -0.3 is 5.73 Å². The van der Waals surface area contributed by atoms with Gasteiger partial charge in [0.25, 0.3) is 5.91 Å². The highest BCUT2D eigenvalue weighted by Crippen LogP contribution is 2.26. The largest absolute Gasteiger partial charge is 0.366 e. The van der Waals surface area contributed by atoms with Crippen LogP contribution in [0, 0.1) is 0 Å². The fourth-order valence-electron chi connectivity index (χ4n) is 1.34. The van der Waals surface area contributed by atoms with Crippen molar-refractivity contribution in [3.63, 3.8) is 0 Å². The Morgan fingerprint density at radius 3 is 2.93 bits per heavy atom. The Bertz CT molecular complexity index is 487. The van der Waals surface area contributed by atoms with Gasteiger partial charge in [0.1, 0.15) is 5.69 Å². The Balaban J connectivity index is 2.64. The topological polar surface area (TPSA) is 67.8 Å². The molecule has 0 bridgehead atoms. The lowest BCUT2D eigenvalue weighted by Crippen LogP contribution is -2.11. The molecule has 1 heterocycles. The quantitative estimate of drug-likeness (QED) is 0.741. The molecule has 0 radical (unpaired) electrons. The minimum atomic E-state index is -0.497. The number of fused-ring (bicyclic) bond motifs is 1. The standard InChI is InChI=1S/C11H9N3O/c12-11(15)9-6-3-5-8-4-1-2-7-13-14-10(8)9/h1-7H,(H2,12,15)/b2-1?,4-1-,7-2-,8-4?,13-7?,14-10?,14-13?. The van der Waals surface area contributed by atoms with E-state index in [1.807, 2.05) is 18.2 Å². The van der Waals surface area contributed by atoms with E-state index in [0.717, 1.165) is 5.56 Å². The van der Waals surface area contributed by atoms with Crippen molar-refractivity contribution in [3.05, 3.63) is 47.7 Å². The van der Waals surface area contributed by atoms with Gasteiger partial charge >= 0.3 is 0 Å². The molecular formula is C11H9N3O. The number of hydrogen-bond donors (Lipinski definition) is 1. The van der Waals surface area contributed by atoms with Gasteiger partial charge in [-0.25, -0.2) is 0 Å². The van der Waals surface area contributed by atoms with E-state index in [1.54, 1.807) is 24.4 Å². The molecule has 1 aliphatic heterocycles. The summed E-state index contributed by atoms with van der Waals surface area (Å²) in [4.78, 5) is 11.1. The number of nitrogens with two attached hydrogens (primary N) is 1. The third kappa shape index (κ3) is 1.83. The second-order valence-electron chi connectivity index (χ2n) is 3.02. The Morgan fingerprint density at radius 2 is 2.13 bits per heavy atom. The van der Waals surface area contributed by atoms with Crippen LogP contribution >= 0.6 is 0 Å². The predicted octanol–water partition coefficient (Wildman–Crippen LogP) is 2.41. The molecule has 0 spiro atoms. The van der Waals surface area contributed by atoms with Gasteiger partial charge in [0.2, 0.25) is 0 Å². The van der Waals surface area contributed by atoms with Crippen molar-refractivity contribution in [3.8, 4) is 0 Å². The van der Waals surface area contributed by atoms with Gasteiger partial charge in [-0.1, -0.05) is 24.3 Å². The van der Waals surface area contributed by atoms with Crippen LogP contribution in [0.25, 0.3) is 6.08 Å². The molecule has 1 aliphatic rings.